The largest absolute Gasteiger partial charge is 0.0654 e. The van der Waals surface area contributed by atoms with E-state index in [1.54, 1.807) is 0 Å². The smallest absolute Gasteiger partial charge is 0.0423 e. The van der Waals surface area contributed by atoms with Crippen molar-refractivity contribution in [3.8, 4) is 0 Å². The molecule has 0 amide bonds. The van der Waals surface area contributed by atoms with E-state index in [1.807, 2.05) is 0 Å². The van der Waals surface area contributed by atoms with Gasteiger partial charge in [0.25, 0.3) is 0 Å². The van der Waals surface area contributed by atoms with Gasteiger partial charge in [-0.2, -0.15) is 0 Å². The van der Waals surface area contributed by atoms with Crippen LogP contribution in [0.4, 0.5) is 0 Å². The second-order valence-electron chi connectivity index (χ2n) is 28.0. The lowest BCUT2D eigenvalue weighted by Gasteiger charge is -2.32. The third-order valence-corrected chi connectivity index (χ3v) is 21.0. The fraction of sp³-hybridized carbons (Fsp3) is 0.793. The molecule has 0 radical (unpaired) electrons. The molecule has 0 atom stereocenters. The number of benzene rings is 3. The van der Waals surface area contributed by atoms with Crippen LogP contribution >= 0.6 is 0 Å². The molecule has 1 aliphatic carbocycles. The molecule has 87 heavy (non-hydrogen) atoms. The van der Waals surface area contributed by atoms with E-state index in [-0.39, 0.29) is 5.41 Å². The van der Waals surface area contributed by atoms with Crippen LogP contribution in [0.15, 0.2) is 72.8 Å². The fourth-order valence-corrected chi connectivity index (χ4v) is 10.1. The number of hydrogen-bond acceptors (Lipinski definition) is 0. The highest BCUT2D eigenvalue weighted by atomic mass is 14.3. The highest BCUT2D eigenvalue weighted by Crippen LogP contribution is 2.40. The van der Waals surface area contributed by atoms with Crippen LogP contribution in [0.25, 0.3) is 0 Å². The Bertz CT molecular complexity index is 1540. The van der Waals surface area contributed by atoms with Crippen LogP contribution in [0.1, 0.15) is 419 Å². The summed E-state index contributed by atoms with van der Waals surface area (Å²) in [5.74, 6) is 3.96. The zero-order chi connectivity index (χ0) is 68.2. The van der Waals surface area contributed by atoms with Gasteiger partial charge in [-0.3, -0.25) is 0 Å². The molecule has 0 unspecified atom stereocenters. The number of aryl methyl sites for hydroxylation is 3. The summed E-state index contributed by atoms with van der Waals surface area (Å²) in [5, 5.41) is 0. The van der Waals surface area contributed by atoms with Gasteiger partial charge in [0, 0.05) is 5.41 Å². The van der Waals surface area contributed by atoms with Crippen molar-refractivity contribution in [2.24, 2.45) is 39.9 Å². The Kier molecular flexibility index (Phi) is 70.2. The highest BCUT2D eigenvalue weighted by Gasteiger charge is 2.31. The number of rotatable bonds is 27. The van der Waals surface area contributed by atoms with E-state index in [0.717, 1.165) is 23.7 Å². The molecular weight excluding hydrogens is 1040 g/mol. The highest BCUT2D eigenvalue weighted by molar-refractivity contribution is 5.50. The zero-order valence-electron chi connectivity index (χ0n) is 66.2. The molecule has 0 bridgehead atoms. The quantitative estimate of drug-likeness (QED) is 0.0527. The Morgan fingerprint density at radius 3 is 0.644 bits per heavy atom. The van der Waals surface area contributed by atoms with Gasteiger partial charge >= 0.3 is 0 Å². The molecule has 0 spiro atoms. The van der Waals surface area contributed by atoms with Gasteiger partial charge in [-0.15, -0.1) is 0 Å². The van der Waals surface area contributed by atoms with Crippen LogP contribution in [-0.2, 0) is 5.41 Å². The lowest BCUT2D eigenvalue weighted by Crippen LogP contribution is -2.25. The van der Waals surface area contributed by atoms with Crippen LogP contribution in [0.3, 0.4) is 0 Å². The molecule has 3 aromatic rings. The van der Waals surface area contributed by atoms with Crippen LogP contribution in [0.2, 0.25) is 0 Å². The van der Waals surface area contributed by atoms with Gasteiger partial charge in [0.1, 0.15) is 0 Å². The topological polar surface area (TPSA) is 0 Å². The molecule has 0 heteroatoms. The second-order valence-corrected chi connectivity index (χ2v) is 28.0. The summed E-state index contributed by atoms with van der Waals surface area (Å²) in [6, 6.07) is 26.8. The molecule has 4 rings (SSSR count). The SMILES string of the molecule is CCC(C)(C)CC.CCC(C)C.CCC(C)CC.CCC(CC)(CC)CC.CCC(CC)(CC)CC.CCC1CCC(CC)CC1.CCCC.CCCCCC.CCCCCCCC.Cc1ccc(C(C)(c2ccc(C)cc2)c2ccc(C)cc2)cc1. The van der Waals surface area contributed by atoms with Crippen molar-refractivity contribution in [3.63, 3.8) is 0 Å². The molecule has 0 saturated heterocycles. The Morgan fingerprint density at radius 2 is 0.529 bits per heavy atom. The molecule has 0 aliphatic heterocycles. The van der Waals surface area contributed by atoms with E-state index >= 15 is 0 Å². The molecule has 0 N–H and O–H groups in total. The Morgan fingerprint density at radius 1 is 0.310 bits per heavy atom. The van der Waals surface area contributed by atoms with Crippen molar-refractivity contribution in [1.82, 2.24) is 0 Å². The minimum atomic E-state index is -0.144. The normalized spacial score (nSPS) is 13.5. The van der Waals surface area contributed by atoms with Crippen LogP contribution in [0.5, 0.6) is 0 Å². The zero-order valence-corrected chi connectivity index (χ0v) is 66.2. The predicted octanol–water partition coefficient (Wildman–Crippen LogP) is 31.9. The lowest BCUT2D eigenvalue weighted by atomic mass is 9.71. The first-order valence-corrected chi connectivity index (χ1v) is 38.5. The van der Waals surface area contributed by atoms with Crippen molar-refractivity contribution in [2.45, 2.75) is 412 Å². The van der Waals surface area contributed by atoms with Gasteiger partial charge in [0.2, 0.25) is 0 Å². The van der Waals surface area contributed by atoms with E-state index in [1.165, 1.54) is 232 Å². The van der Waals surface area contributed by atoms with E-state index in [9.17, 15) is 0 Å². The third-order valence-electron chi connectivity index (χ3n) is 21.0. The van der Waals surface area contributed by atoms with Gasteiger partial charge in [0.05, 0.1) is 0 Å². The Hall–Kier alpha value is -2.34. The van der Waals surface area contributed by atoms with Crippen molar-refractivity contribution in [3.05, 3.63) is 106 Å². The number of unbranched alkanes of at least 4 members (excludes halogenated alkanes) is 9. The average molecular weight is 1210 g/mol. The molecule has 0 heterocycles. The maximum atomic E-state index is 2.33. The van der Waals surface area contributed by atoms with Crippen molar-refractivity contribution in [1.29, 1.82) is 0 Å². The molecule has 1 aliphatic rings. The van der Waals surface area contributed by atoms with Crippen LogP contribution < -0.4 is 0 Å². The monoisotopic (exact) mass is 1210 g/mol. The summed E-state index contributed by atoms with van der Waals surface area (Å²) < 4.78 is 0. The summed E-state index contributed by atoms with van der Waals surface area (Å²) in [7, 11) is 0. The molecular formula is C87H168. The first kappa shape index (κ1) is 95.8. The molecule has 1 fully saturated rings. The van der Waals surface area contributed by atoms with E-state index in [0.29, 0.717) is 16.2 Å². The fourth-order valence-electron chi connectivity index (χ4n) is 10.1. The Balaban J connectivity index is -0.000000222. The predicted molar refractivity (Wildman–Crippen MR) is 411 cm³/mol. The summed E-state index contributed by atoms with van der Waals surface area (Å²) in [5.41, 5.74) is 9.65. The summed E-state index contributed by atoms with van der Waals surface area (Å²) in [4.78, 5) is 0. The van der Waals surface area contributed by atoms with E-state index in [4.69, 9.17) is 0 Å². The van der Waals surface area contributed by atoms with Gasteiger partial charge in [-0.25, -0.2) is 0 Å². The molecule has 516 valence electrons. The van der Waals surface area contributed by atoms with Crippen molar-refractivity contribution >= 4 is 0 Å². The minimum absolute atomic E-state index is 0.144. The second kappa shape index (κ2) is 63.8. The molecule has 0 aromatic heterocycles. The van der Waals surface area contributed by atoms with E-state index in [2.05, 4.69) is 281 Å². The van der Waals surface area contributed by atoms with Crippen LogP contribution in [0, 0.1) is 60.7 Å². The standard InChI is InChI=1S/C23H24.C10H20.2C9H20.C8H18.C7H16.2C6H14.C5H12.C4H10/c1-17-5-11-20(12-6-17)23(4,21-13-7-18(2)8-14-21)22-15-9-19(3)10-16-22;1-3-9-5-7-10(4-2)8-6-9;2*1-5-9(6-2,7-3)8-4;1-3-5-7-8-6-4-2;1-5-7(3,4)6-2;1-4-6(3)5-2;1-3-5-6-4-2;1-4-5(2)3;1-3-4-2/h5-16H,1-4H3;9-10H,3-8H2,1-2H3;2*5-8H2,1-4H3;3-8H2,1-2H3;5-6H2,1-4H3;6H,4-5H2,1-3H3;3-6H2,1-2H3;5H,4H2,1-3H3;3-4H2,1-2H3. The molecule has 1 saturated carbocycles. The minimum Gasteiger partial charge on any atom is -0.0654 e. The summed E-state index contributed by atoms with van der Waals surface area (Å²) in [6.45, 7) is 67.6. The van der Waals surface area contributed by atoms with Gasteiger partial charge in [0.15, 0.2) is 0 Å². The first-order chi connectivity index (χ1) is 41.3. The third kappa shape index (κ3) is 50.9. The van der Waals surface area contributed by atoms with Crippen molar-refractivity contribution < 1.29 is 0 Å². The average Bonchev–Trinajstić information content (AvgIpc) is 1.05. The Labute approximate surface area is 555 Å². The van der Waals surface area contributed by atoms with Gasteiger partial charge in [-0.05, 0) is 84.3 Å². The maximum Gasteiger partial charge on any atom is 0.0423 e. The van der Waals surface area contributed by atoms with Crippen LogP contribution in [-0.4, -0.2) is 0 Å². The van der Waals surface area contributed by atoms with Gasteiger partial charge < -0.3 is 0 Å². The first-order valence-electron chi connectivity index (χ1n) is 38.5. The summed E-state index contributed by atoms with van der Waals surface area (Å²) in [6.07, 6.45) is 42.8. The van der Waals surface area contributed by atoms with Gasteiger partial charge in [-0.1, -0.05) is 469 Å². The molecule has 0 nitrogen and oxygen atoms in total. The maximum absolute atomic E-state index is 2.33. The number of hydrogen-bond donors (Lipinski definition) is 0. The molecule has 3 aromatic carbocycles. The van der Waals surface area contributed by atoms with Crippen molar-refractivity contribution in [2.75, 3.05) is 0 Å². The summed E-state index contributed by atoms with van der Waals surface area (Å²) >= 11 is 0. The van der Waals surface area contributed by atoms with E-state index < -0.39 is 0 Å². The lowest BCUT2D eigenvalue weighted by molar-refractivity contribution is 0.240.